The second kappa shape index (κ2) is 9.96. The minimum atomic E-state index is 0.0808. The zero-order chi connectivity index (χ0) is 18.9. The molecule has 0 bridgehead atoms. The highest BCUT2D eigenvalue weighted by molar-refractivity contribution is 5.75. The molecule has 0 aliphatic carbocycles. The summed E-state index contributed by atoms with van der Waals surface area (Å²) in [5.74, 6) is 2.12. The summed E-state index contributed by atoms with van der Waals surface area (Å²) < 4.78 is 5.04. The van der Waals surface area contributed by atoms with Crippen LogP contribution in [-0.2, 0) is 11.2 Å². The van der Waals surface area contributed by atoms with Crippen molar-refractivity contribution in [1.82, 2.24) is 30.3 Å². The van der Waals surface area contributed by atoms with Gasteiger partial charge in [-0.2, -0.15) is 4.98 Å². The van der Waals surface area contributed by atoms with Crippen molar-refractivity contribution in [1.29, 1.82) is 0 Å². The number of amides is 1. The molecule has 1 aliphatic rings. The molecule has 9 heteroatoms. The molecule has 2 aromatic rings. The van der Waals surface area contributed by atoms with E-state index in [-0.39, 0.29) is 5.91 Å². The van der Waals surface area contributed by atoms with Gasteiger partial charge in [-0.05, 0) is 32.4 Å². The van der Waals surface area contributed by atoms with E-state index < -0.39 is 0 Å². The molecule has 9 nitrogen and oxygen atoms in total. The lowest BCUT2D eigenvalue weighted by atomic mass is 10.2. The molecule has 0 unspecified atom stereocenters. The molecule has 146 valence electrons. The topological polar surface area (TPSA) is 100 Å². The fourth-order valence-corrected chi connectivity index (χ4v) is 3.09. The average Bonchev–Trinajstić information content (AvgIpc) is 3.11. The summed E-state index contributed by atoms with van der Waals surface area (Å²) in [6.07, 6.45) is 6.36. The quantitative estimate of drug-likeness (QED) is 0.645. The monoisotopic (exact) mass is 373 g/mol. The molecule has 1 N–H and O–H groups in total. The Morgan fingerprint density at radius 1 is 1.19 bits per heavy atom. The highest BCUT2D eigenvalue weighted by atomic mass is 16.5. The van der Waals surface area contributed by atoms with Crippen molar-refractivity contribution < 1.29 is 9.32 Å². The molecule has 1 fully saturated rings. The van der Waals surface area contributed by atoms with E-state index in [0.717, 1.165) is 51.5 Å². The van der Waals surface area contributed by atoms with Gasteiger partial charge in [-0.15, -0.1) is 0 Å². The Bertz CT molecular complexity index is 699. The first kappa shape index (κ1) is 19.2. The number of hydrogen-bond acceptors (Lipinski definition) is 8. The molecule has 27 heavy (non-hydrogen) atoms. The van der Waals surface area contributed by atoms with Crippen molar-refractivity contribution in [3.63, 3.8) is 0 Å². The molecular weight excluding hydrogens is 346 g/mol. The van der Waals surface area contributed by atoms with E-state index in [9.17, 15) is 4.79 Å². The number of carbonyl (C=O) groups is 1. The Balaban J connectivity index is 1.22. The predicted octanol–water partition coefficient (Wildman–Crippen LogP) is 0.819. The molecule has 0 spiro atoms. The number of aryl methyl sites for hydroxylation is 2. The van der Waals surface area contributed by atoms with Crippen LogP contribution in [0.5, 0.6) is 0 Å². The van der Waals surface area contributed by atoms with Gasteiger partial charge in [-0.1, -0.05) is 5.16 Å². The largest absolute Gasteiger partial charge is 0.356 e. The number of carbonyl (C=O) groups excluding carboxylic acids is 1. The Labute approximate surface area is 159 Å². The summed E-state index contributed by atoms with van der Waals surface area (Å²) in [5.41, 5.74) is 0. The molecule has 2 aromatic heterocycles. The number of aromatic nitrogens is 4. The van der Waals surface area contributed by atoms with Crippen LogP contribution in [-0.4, -0.2) is 70.2 Å². The lowest BCUT2D eigenvalue weighted by Gasteiger charge is -2.34. The molecule has 0 aromatic carbocycles. The van der Waals surface area contributed by atoms with Gasteiger partial charge in [0, 0.05) is 58.0 Å². The standard InChI is InChI=1S/C18H27N7O2/c1-15-22-17(27-23-15)6-2-5-16(26)19-9-4-10-24-11-13-25(14-12-24)18-20-7-3-8-21-18/h3,7-8H,2,4-6,9-14H2,1H3,(H,19,26). The lowest BCUT2D eigenvalue weighted by molar-refractivity contribution is -0.121. The number of nitrogens with zero attached hydrogens (tertiary/aromatic N) is 6. The maximum Gasteiger partial charge on any atom is 0.226 e. The van der Waals surface area contributed by atoms with Crippen molar-refractivity contribution >= 4 is 11.9 Å². The van der Waals surface area contributed by atoms with E-state index in [0.29, 0.717) is 31.1 Å². The van der Waals surface area contributed by atoms with Crippen molar-refractivity contribution in [2.75, 3.05) is 44.2 Å². The minimum Gasteiger partial charge on any atom is -0.356 e. The van der Waals surface area contributed by atoms with Crippen LogP contribution < -0.4 is 10.2 Å². The van der Waals surface area contributed by atoms with E-state index in [2.05, 4.69) is 35.2 Å². The van der Waals surface area contributed by atoms with Gasteiger partial charge in [0.25, 0.3) is 0 Å². The maximum atomic E-state index is 11.9. The summed E-state index contributed by atoms with van der Waals surface area (Å²) in [4.78, 5) is 29.2. The van der Waals surface area contributed by atoms with E-state index in [4.69, 9.17) is 4.52 Å². The van der Waals surface area contributed by atoms with E-state index in [1.54, 1.807) is 19.3 Å². The van der Waals surface area contributed by atoms with E-state index in [1.165, 1.54) is 0 Å². The van der Waals surface area contributed by atoms with Crippen molar-refractivity contribution in [3.8, 4) is 0 Å². The van der Waals surface area contributed by atoms with Gasteiger partial charge in [0.05, 0.1) is 0 Å². The first-order valence-electron chi connectivity index (χ1n) is 9.51. The third-order valence-electron chi connectivity index (χ3n) is 4.54. The number of anilines is 1. The second-order valence-corrected chi connectivity index (χ2v) is 6.67. The summed E-state index contributed by atoms with van der Waals surface area (Å²) in [6.45, 7) is 7.35. The van der Waals surface area contributed by atoms with E-state index >= 15 is 0 Å². The molecule has 1 aliphatic heterocycles. The lowest BCUT2D eigenvalue weighted by Crippen LogP contribution is -2.47. The van der Waals surface area contributed by atoms with Crippen LogP contribution in [0.4, 0.5) is 5.95 Å². The first-order valence-corrected chi connectivity index (χ1v) is 9.51. The zero-order valence-corrected chi connectivity index (χ0v) is 15.8. The van der Waals surface area contributed by atoms with Gasteiger partial charge in [-0.25, -0.2) is 9.97 Å². The van der Waals surface area contributed by atoms with Crippen molar-refractivity contribution in [2.24, 2.45) is 0 Å². The van der Waals surface area contributed by atoms with Gasteiger partial charge in [0.15, 0.2) is 5.82 Å². The van der Waals surface area contributed by atoms with Crippen LogP contribution in [0.1, 0.15) is 31.0 Å². The first-order chi connectivity index (χ1) is 13.2. The molecule has 1 saturated heterocycles. The maximum absolute atomic E-state index is 11.9. The van der Waals surface area contributed by atoms with Gasteiger partial charge in [0.1, 0.15) is 0 Å². The Hall–Kier alpha value is -2.55. The molecule has 3 rings (SSSR count). The molecule has 1 amide bonds. The highest BCUT2D eigenvalue weighted by Gasteiger charge is 2.18. The number of rotatable bonds is 9. The molecular formula is C18H27N7O2. The Morgan fingerprint density at radius 2 is 1.96 bits per heavy atom. The fourth-order valence-electron chi connectivity index (χ4n) is 3.09. The molecule has 0 saturated carbocycles. The summed E-state index contributed by atoms with van der Waals surface area (Å²) in [7, 11) is 0. The van der Waals surface area contributed by atoms with Gasteiger partial charge < -0.3 is 14.7 Å². The van der Waals surface area contributed by atoms with Crippen LogP contribution >= 0.6 is 0 Å². The molecule has 0 radical (unpaired) electrons. The van der Waals surface area contributed by atoms with Gasteiger partial charge >= 0.3 is 0 Å². The van der Waals surface area contributed by atoms with Crippen LogP contribution in [0.25, 0.3) is 0 Å². The summed E-state index contributed by atoms with van der Waals surface area (Å²) >= 11 is 0. The normalized spacial score (nSPS) is 15.1. The fraction of sp³-hybridized carbons (Fsp3) is 0.611. The Morgan fingerprint density at radius 3 is 2.67 bits per heavy atom. The third kappa shape index (κ3) is 6.28. The predicted molar refractivity (Wildman–Crippen MR) is 100 cm³/mol. The van der Waals surface area contributed by atoms with Crippen LogP contribution in [0.3, 0.4) is 0 Å². The smallest absolute Gasteiger partial charge is 0.226 e. The number of hydrogen-bond donors (Lipinski definition) is 1. The van der Waals surface area contributed by atoms with Crippen molar-refractivity contribution in [3.05, 3.63) is 30.2 Å². The highest BCUT2D eigenvalue weighted by Crippen LogP contribution is 2.09. The summed E-state index contributed by atoms with van der Waals surface area (Å²) in [6, 6.07) is 1.83. The second-order valence-electron chi connectivity index (χ2n) is 6.67. The van der Waals surface area contributed by atoms with Gasteiger partial charge in [-0.3, -0.25) is 9.69 Å². The van der Waals surface area contributed by atoms with Crippen LogP contribution in [0.2, 0.25) is 0 Å². The van der Waals surface area contributed by atoms with Crippen LogP contribution in [0, 0.1) is 6.92 Å². The SMILES string of the molecule is Cc1noc(CCCC(=O)NCCCN2CCN(c3ncccn3)CC2)n1. The number of piperazine rings is 1. The minimum absolute atomic E-state index is 0.0808. The van der Waals surface area contributed by atoms with Gasteiger partial charge in [0.2, 0.25) is 17.7 Å². The Kier molecular flexibility index (Phi) is 7.09. The van der Waals surface area contributed by atoms with Crippen molar-refractivity contribution in [2.45, 2.75) is 32.6 Å². The number of nitrogens with one attached hydrogen (secondary N) is 1. The van der Waals surface area contributed by atoms with Crippen LogP contribution in [0.15, 0.2) is 23.0 Å². The average molecular weight is 373 g/mol. The van der Waals surface area contributed by atoms with E-state index in [1.807, 2.05) is 6.07 Å². The molecule has 0 atom stereocenters. The molecule has 3 heterocycles. The zero-order valence-electron chi connectivity index (χ0n) is 15.8. The third-order valence-corrected chi connectivity index (χ3v) is 4.54. The summed E-state index contributed by atoms with van der Waals surface area (Å²) in [5, 5.41) is 6.73.